The van der Waals surface area contributed by atoms with E-state index in [0.29, 0.717) is 26.1 Å². The highest BCUT2D eigenvalue weighted by Crippen LogP contribution is 2.48. The maximum absolute atomic E-state index is 11.9. The van der Waals surface area contributed by atoms with Crippen molar-refractivity contribution < 1.29 is 23.8 Å². The van der Waals surface area contributed by atoms with Crippen molar-refractivity contribution in [2.75, 3.05) is 26.0 Å². The zero-order valence-electron chi connectivity index (χ0n) is 9.39. The smallest absolute Gasteiger partial charge is 0.330 e. The summed E-state index contributed by atoms with van der Waals surface area (Å²) in [6.07, 6.45) is 0.451. The number of hydrogen-bond donors (Lipinski definition) is 2. The van der Waals surface area contributed by atoms with Gasteiger partial charge in [-0.25, -0.2) is 0 Å². The van der Waals surface area contributed by atoms with Gasteiger partial charge in [-0.3, -0.25) is 4.57 Å². The molecule has 0 aliphatic carbocycles. The van der Waals surface area contributed by atoms with Crippen molar-refractivity contribution in [2.45, 2.75) is 32.8 Å². The van der Waals surface area contributed by atoms with Crippen LogP contribution in [-0.2, 0) is 13.6 Å². The maximum Gasteiger partial charge on any atom is 0.330 e. The molecule has 0 fully saturated rings. The van der Waals surface area contributed by atoms with Gasteiger partial charge in [-0.1, -0.05) is 0 Å². The van der Waals surface area contributed by atoms with Crippen LogP contribution in [0.4, 0.5) is 0 Å². The summed E-state index contributed by atoms with van der Waals surface area (Å²) in [7, 11) is -2.98. The second kappa shape index (κ2) is 8.25. The van der Waals surface area contributed by atoms with Crippen LogP contribution in [0.1, 0.15) is 26.7 Å². The summed E-state index contributed by atoms with van der Waals surface area (Å²) in [6.45, 7) is 3.94. The predicted octanol–water partition coefficient (Wildman–Crippen LogP) is 1.39. The fourth-order valence-corrected chi connectivity index (χ4v) is 2.86. The van der Waals surface area contributed by atoms with E-state index in [9.17, 15) is 4.57 Å². The fourth-order valence-electron chi connectivity index (χ4n) is 1.17. The second-order valence-electron chi connectivity index (χ2n) is 3.15. The van der Waals surface area contributed by atoms with Crippen molar-refractivity contribution in [1.82, 2.24) is 0 Å². The van der Waals surface area contributed by atoms with Gasteiger partial charge in [0.1, 0.15) is 0 Å². The summed E-state index contributed by atoms with van der Waals surface area (Å²) in [4.78, 5) is 0. The maximum atomic E-state index is 11.9. The van der Waals surface area contributed by atoms with Gasteiger partial charge in [0.2, 0.25) is 0 Å². The van der Waals surface area contributed by atoms with Crippen LogP contribution in [-0.4, -0.2) is 42.3 Å². The van der Waals surface area contributed by atoms with Crippen molar-refractivity contribution in [3.05, 3.63) is 0 Å². The molecule has 1 unspecified atom stereocenters. The third kappa shape index (κ3) is 7.03. The van der Waals surface area contributed by atoms with Crippen molar-refractivity contribution >= 4 is 7.60 Å². The Morgan fingerprint density at radius 1 is 1.27 bits per heavy atom. The first-order valence-corrected chi connectivity index (χ1v) is 6.97. The number of aliphatic hydroxyl groups excluding tert-OH is 2. The van der Waals surface area contributed by atoms with Gasteiger partial charge < -0.3 is 19.3 Å². The summed E-state index contributed by atoms with van der Waals surface area (Å²) >= 11 is 0. The molecule has 5 nitrogen and oxygen atoms in total. The average molecular weight is 240 g/mol. The van der Waals surface area contributed by atoms with Crippen LogP contribution in [0.25, 0.3) is 0 Å². The summed E-state index contributed by atoms with van der Waals surface area (Å²) in [6, 6.07) is 0. The molecule has 0 heterocycles. The average Bonchev–Trinajstić information content (AvgIpc) is 2.18. The third-order valence-corrected chi connectivity index (χ3v) is 4.00. The monoisotopic (exact) mass is 240 g/mol. The molecule has 0 aromatic rings. The van der Waals surface area contributed by atoms with Gasteiger partial charge in [0, 0.05) is 0 Å². The Hall–Kier alpha value is 0.0700. The lowest BCUT2D eigenvalue weighted by atomic mass is 10.2. The molecule has 1 atom stereocenters. The Bertz CT molecular complexity index is 187. The molecule has 0 saturated carbocycles. The molecular formula is C9H21O5P. The molecular weight excluding hydrogens is 219 g/mol. The fraction of sp³-hybridized carbons (Fsp3) is 1.00. The predicted molar refractivity (Wildman–Crippen MR) is 58.1 cm³/mol. The van der Waals surface area contributed by atoms with Gasteiger partial charge in [-0.05, 0) is 26.7 Å². The van der Waals surface area contributed by atoms with Gasteiger partial charge in [0.05, 0.1) is 32.1 Å². The summed E-state index contributed by atoms with van der Waals surface area (Å²) < 4.78 is 22.0. The van der Waals surface area contributed by atoms with E-state index < -0.39 is 13.7 Å². The van der Waals surface area contributed by atoms with Gasteiger partial charge in [0.15, 0.2) is 0 Å². The molecule has 2 N–H and O–H groups in total. The number of rotatable bonds is 9. The minimum Gasteiger partial charge on any atom is -0.394 e. The minimum absolute atomic E-state index is 0.270. The lowest BCUT2D eigenvalue weighted by Crippen LogP contribution is -2.12. The molecule has 6 heteroatoms. The highest BCUT2D eigenvalue weighted by Gasteiger charge is 2.22. The van der Waals surface area contributed by atoms with E-state index in [0.717, 1.165) is 0 Å². The molecule has 0 radical (unpaired) electrons. The SMILES string of the molecule is CCOP(=O)(CCCC(O)CO)OCC. The van der Waals surface area contributed by atoms with Gasteiger partial charge >= 0.3 is 7.60 Å². The minimum atomic E-state index is -2.98. The van der Waals surface area contributed by atoms with Crippen LogP contribution in [0.2, 0.25) is 0 Å². The van der Waals surface area contributed by atoms with Crippen molar-refractivity contribution in [2.24, 2.45) is 0 Å². The number of aliphatic hydroxyl groups is 2. The zero-order valence-corrected chi connectivity index (χ0v) is 10.3. The molecule has 15 heavy (non-hydrogen) atoms. The Morgan fingerprint density at radius 2 is 1.80 bits per heavy atom. The number of hydrogen-bond acceptors (Lipinski definition) is 5. The normalized spacial score (nSPS) is 14.1. The molecule has 0 amide bonds. The summed E-state index contributed by atoms with van der Waals surface area (Å²) in [5, 5.41) is 17.7. The van der Waals surface area contributed by atoms with Crippen LogP contribution in [0.5, 0.6) is 0 Å². The third-order valence-electron chi connectivity index (χ3n) is 1.83. The Labute approximate surface area is 90.9 Å². The van der Waals surface area contributed by atoms with Crippen molar-refractivity contribution in [3.63, 3.8) is 0 Å². The lowest BCUT2D eigenvalue weighted by molar-refractivity contribution is 0.0873. The molecule has 0 aliphatic heterocycles. The second-order valence-corrected chi connectivity index (χ2v) is 5.33. The molecule has 0 aromatic heterocycles. The Morgan fingerprint density at radius 3 is 2.20 bits per heavy atom. The standard InChI is InChI=1S/C9H21O5P/c1-3-13-15(12,14-4-2)7-5-6-9(11)8-10/h9-11H,3-8H2,1-2H3. The first-order chi connectivity index (χ1) is 7.08. The van der Waals surface area contributed by atoms with E-state index in [4.69, 9.17) is 19.3 Å². The quantitative estimate of drug-likeness (QED) is 0.595. The molecule has 0 aromatic carbocycles. The van der Waals surface area contributed by atoms with Gasteiger partial charge in [0.25, 0.3) is 0 Å². The van der Waals surface area contributed by atoms with Crippen LogP contribution in [0, 0.1) is 0 Å². The van der Waals surface area contributed by atoms with Crippen molar-refractivity contribution in [1.29, 1.82) is 0 Å². The zero-order chi connectivity index (χ0) is 11.7. The van der Waals surface area contributed by atoms with Crippen LogP contribution in [0.15, 0.2) is 0 Å². The summed E-state index contributed by atoms with van der Waals surface area (Å²) in [5.41, 5.74) is 0. The van der Waals surface area contributed by atoms with Crippen LogP contribution >= 0.6 is 7.60 Å². The highest BCUT2D eigenvalue weighted by atomic mass is 31.2. The molecule has 0 rings (SSSR count). The molecule has 0 spiro atoms. The van der Waals surface area contributed by atoms with E-state index in [2.05, 4.69) is 0 Å². The topological polar surface area (TPSA) is 76.0 Å². The van der Waals surface area contributed by atoms with Gasteiger partial charge in [-0.2, -0.15) is 0 Å². The van der Waals surface area contributed by atoms with Crippen LogP contribution < -0.4 is 0 Å². The van der Waals surface area contributed by atoms with Crippen molar-refractivity contribution in [3.8, 4) is 0 Å². The van der Waals surface area contributed by atoms with E-state index in [1.807, 2.05) is 0 Å². The molecule has 0 bridgehead atoms. The van der Waals surface area contributed by atoms with E-state index in [1.54, 1.807) is 13.8 Å². The lowest BCUT2D eigenvalue weighted by Gasteiger charge is -2.17. The first kappa shape index (κ1) is 15.1. The molecule has 0 aliphatic rings. The highest BCUT2D eigenvalue weighted by molar-refractivity contribution is 7.53. The first-order valence-electron chi connectivity index (χ1n) is 5.25. The largest absolute Gasteiger partial charge is 0.394 e. The van der Waals surface area contributed by atoms with Crippen LogP contribution in [0.3, 0.4) is 0 Å². The van der Waals surface area contributed by atoms with Gasteiger partial charge in [-0.15, -0.1) is 0 Å². The molecule has 0 saturated heterocycles. The van der Waals surface area contributed by atoms with E-state index in [-0.39, 0.29) is 12.8 Å². The summed E-state index contributed by atoms with van der Waals surface area (Å²) in [5.74, 6) is 0. The van der Waals surface area contributed by atoms with E-state index >= 15 is 0 Å². The Kier molecular flexibility index (Phi) is 8.29. The Balaban J connectivity index is 3.90. The molecule has 92 valence electrons. The van der Waals surface area contributed by atoms with E-state index in [1.165, 1.54) is 0 Å².